The fraction of sp³-hybridized carbons (Fsp3) is 0.636. The first-order valence-corrected chi connectivity index (χ1v) is 5.60. The SMILES string of the molecule is O=C(Cn1ccc(C(F)(F)F)n1)C1CCCC1. The Morgan fingerprint density at radius 3 is 2.59 bits per heavy atom. The molecule has 0 saturated heterocycles. The van der Waals surface area contributed by atoms with Gasteiger partial charge < -0.3 is 0 Å². The van der Waals surface area contributed by atoms with Gasteiger partial charge in [0.2, 0.25) is 0 Å². The number of halogens is 3. The molecule has 1 heterocycles. The van der Waals surface area contributed by atoms with Crippen molar-refractivity contribution in [2.24, 2.45) is 5.92 Å². The Morgan fingerprint density at radius 2 is 2.06 bits per heavy atom. The third-order valence-corrected chi connectivity index (χ3v) is 3.06. The van der Waals surface area contributed by atoms with Crippen molar-refractivity contribution in [1.29, 1.82) is 0 Å². The lowest BCUT2D eigenvalue weighted by atomic mass is 10.0. The Bertz CT molecular complexity index is 405. The van der Waals surface area contributed by atoms with Crippen LogP contribution in [0.3, 0.4) is 0 Å². The molecule has 0 atom stereocenters. The van der Waals surface area contributed by atoms with Gasteiger partial charge in [-0.25, -0.2) is 0 Å². The summed E-state index contributed by atoms with van der Waals surface area (Å²) in [5.74, 6) is -0.00661. The lowest BCUT2D eigenvalue weighted by molar-refractivity contribution is -0.141. The van der Waals surface area contributed by atoms with E-state index in [1.807, 2.05) is 0 Å². The van der Waals surface area contributed by atoms with Gasteiger partial charge in [0.1, 0.15) is 0 Å². The van der Waals surface area contributed by atoms with Crippen molar-refractivity contribution < 1.29 is 18.0 Å². The van der Waals surface area contributed by atoms with Gasteiger partial charge in [0.25, 0.3) is 0 Å². The maximum Gasteiger partial charge on any atom is 0.435 e. The number of Topliss-reactive ketones (excluding diaryl/α,β-unsaturated/α-hetero) is 1. The monoisotopic (exact) mass is 246 g/mol. The van der Waals surface area contributed by atoms with Crippen LogP contribution in [0, 0.1) is 5.92 Å². The van der Waals surface area contributed by atoms with Crippen LogP contribution in [0.4, 0.5) is 13.2 Å². The van der Waals surface area contributed by atoms with Crippen LogP contribution >= 0.6 is 0 Å². The Balaban J connectivity index is 1.99. The molecule has 0 bridgehead atoms. The highest BCUT2D eigenvalue weighted by atomic mass is 19.4. The molecule has 0 amide bonds. The second-order valence-corrected chi connectivity index (χ2v) is 4.34. The normalized spacial score (nSPS) is 17.6. The van der Waals surface area contributed by atoms with Crippen LogP contribution in [0.5, 0.6) is 0 Å². The molecule has 0 spiro atoms. The molecule has 0 aliphatic heterocycles. The van der Waals surface area contributed by atoms with Gasteiger partial charge >= 0.3 is 6.18 Å². The van der Waals surface area contributed by atoms with Gasteiger partial charge in [0.15, 0.2) is 11.5 Å². The average molecular weight is 246 g/mol. The third kappa shape index (κ3) is 2.87. The van der Waals surface area contributed by atoms with Gasteiger partial charge in [-0.05, 0) is 18.9 Å². The molecular formula is C11H13F3N2O. The summed E-state index contributed by atoms with van der Waals surface area (Å²) in [5, 5.41) is 3.36. The van der Waals surface area contributed by atoms with Crippen molar-refractivity contribution in [1.82, 2.24) is 9.78 Å². The van der Waals surface area contributed by atoms with E-state index in [-0.39, 0.29) is 18.2 Å². The number of hydrogen-bond acceptors (Lipinski definition) is 2. The van der Waals surface area contributed by atoms with Crippen LogP contribution in [0.15, 0.2) is 12.3 Å². The minimum absolute atomic E-state index is 0.00790. The highest BCUT2D eigenvalue weighted by Gasteiger charge is 2.33. The smallest absolute Gasteiger partial charge is 0.297 e. The van der Waals surface area contributed by atoms with Gasteiger partial charge in [0, 0.05) is 12.1 Å². The number of rotatable bonds is 3. The highest BCUT2D eigenvalue weighted by molar-refractivity contribution is 5.80. The third-order valence-electron chi connectivity index (χ3n) is 3.06. The van der Waals surface area contributed by atoms with Gasteiger partial charge in [-0.3, -0.25) is 9.48 Å². The van der Waals surface area contributed by atoms with E-state index < -0.39 is 11.9 Å². The Hall–Kier alpha value is -1.33. The summed E-state index contributed by atoms with van der Waals surface area (Å²) in [7, 11) is 0. The number of ketones is 1. The van der Waals surface area contributed by atoms with E-state index in [2.05, 4.69) is 5.10 Å². The summed E-state index contributed by atoms with van der Waals surface area (Å²) >= 11 is 0. The molecule has 0 aromatic carbocycles. The van der Waals surface area contributed by atoms with Crippen LogP contribution in [-0.2, 0) is 17.5 Å². The molecule has 1 aromatic rings. The first kappa shape index (κ1) is 12.1. The Labute approximate surface area is 96.6 Å². The van der Waals surface area contributed by atoms with Crippen molar-refractivity contribution in [2.45, 2.75) is 38.4 Å². The van der Waals surface area contributed by atoms with Crippen molar-refractivity contribution in [3.8, 4) is 0 Å². The number of aromatic nitrogens is 2. The van der Waals surface area contributed by atoms with Crippen LogP contribution in [-0.4, -0.2) is 15.6 Å². The zero-order valence-corrected chi connectivity index (χ0v) is 9.20. The molecule has 0 unspecified atom stereocenters. The van der Waals surface area contributed by atoms with E-state index in [1.165, 1.54) is 6.20 Å². The number of carbonyl (C=O) groups is 1. The molecule has 2 rings (SSSR count). The van der Waals surface area contributed by atoms with Crippen LogP contribution in [0.25, 0.3) is 0 Å². The molecule has 1 aliphatic rings. The van der Waals surface area contributed by atoms with Gasteiger partial charge in [-0.2, -0.15) is 18.3 Å². The predicted octanol–water partition coefficient (Wildman–Crippen LogP) is 2.66. The van der Waals surface area contributed by atoms with Crippen molar-refractivity contribution in [2.75, 3.05) is 0 Å². The standard InChI is InChI=1S/C11H13F3N2O/c12-11(13,14)10-5-6-16(15-10)7-9(17)8-3-1-2-4-8/h5-6,8H,1-4,7H2. The van der Waals surface area contributed by atoms with Gasteiger partial charge in [-0.1, -0.05) is 12.8 Å². The Morgan fingerprint density at radius 1 is 1.41 bits per heavy atom. The number of hydrogen-bond donors (Lipinski definition) is 0. The molecule has 1 aromatic heterocycles. The summed E-state index contributed by atoms with van der Waals surface area (Å²) in [6, 6.07) is 0.891. The van der Waals surface area contributed by atoms with Crippen molar-refractivity contribution >= 4 is 5.78 Å². The summed E-state index contributed by atoms with van der Waals surface area (Å²) in [5.41, 5.74) is -0.947. The van der Waals surface area contributed by atoms with E-state index in [9.17, 15) is 18.0 Å². The van der Waals surface area contributed by atoms with Crippen LogP contribution in [0.1, 0.15) is 31.4 Å². The van der Waals surface area contributed by atoms with Gasteiger partial charge in [-0.15, -0.1) is 0 Å². The zero-order valence-electron chi connectivity index (χ0n) is 9.20. The minimum Gasteiger partial charge on any atom is -0.297 e. The van der Waals surface area contributed by atoms with E-state index in [4.69, 9.17) is 0 Å². The first-order valence-electron chi connectivity index (χ1n) is 5.60. The fourth-order valence-corrected chi connectivity index (χ4v) is 2.14. The molecule has 3 nitrogen and oxygen atoms in total. The average Bonchev–Trinajstić information content (AvgIpc) is 2.85. The molecule has 17 heavy (non-hydrogen) atoms. The van der Waals surface area contributed by atoms with E-state index in [0.717, 1.165) is 36.4 Å². The van der Waals surface area contributed by atoms with Crippen LogP contribution < -0.4 is 0 Å². The van der Waals surface area contributed by atoms with Crippen molar-refractivity contribution in [3.05, 3.63) is 18.0 Å². The van der Waals surface area contributed by atoms with E-state index >= 15 is 0 Å². The summed E-state index contributed by atoms with van der Waals surface area (Å²) < 4.78 is 37.9. The molecule has 1 aliphatic carbocycles. The summed E-state index contributed by atoms with van der Waals surface area (Å²) in [6.07, 6.45) is 0.530. The largest absolute Gasteiger partial charge is 0.435 e. The second kappa shape index (κ2) is 4.50. The summed E-state index contributed by atoms with van der Waals surface area (Å²) in [4.78, 5) is 11.7. The molecule has 0 N–H and O–H groups in total. The molecule has 94 valence electrons. The Kier molecular flexibility index (Phi) is 3.22. The van der Waals surface area contributed by atoms with Crippen molar-refractivity contribution in [3.63, 3.8) is 0 Å². The predicted molar refractivity (Wildman–Crippen MR) is 54.2 cm³/mol. The molecule has 1 saturated carbocycles. The van der Waals surface area contributed by atoms with E-state index in [0.29, 0.717) is 0 Å². The highest BCUT2D eigenvalue weighted by Crippen LogP contribution is 2.28. The number of nitrogens with zero attached hydrogens (tertiary/aromatic N) is 2. The maximum atomic E-state index is 12.3. The lowest BCUT2D eigenvalue weighted by Gasteiger charge is -2.07. The molecule has 6 heteroatoms. The fourth-order valence-electron chi connectivity index (χ4n) is 2.14. The quantitative estimate of drug-likeness (QED) is 0.821. The summed E-state index contributed by atoms with van der Waals surface area (Å²) in [6.45, 7) is -0.0548. The lowest BCUT2D eigenvalue weighted by Crippen LogP contribution is -2.19. The maximum absolute atomic E-state index is 12.3. The number of alkyl halides is 3. The second-order valence-electron chi connectivity index (χ2n) is 4.34. The first-order chi connectivity index (χ1) is 7.97. The van der Waals surface area contributed by atoms with Gasteiger partial charge in [0.05, 0.1) is 6.54 Å². The molecular weight excluding hydrogens is 233 g/mol. The van der Waals surface area contributed by atoms with E-state index in [1.54, 1.807) is 0 Å². The van der Waals surface area contributed by atoms with Crippen LogP contribution in [0.2, 0.25) is 0 Å². The molecule has 1 fully saturated rings. The number of carbonyl (C=O) groups excluding carboxylic acids is 1. The minimum atomic E-state index is -4.44. The zero-order chi connectivity index (χ0) is 12.5. The topological polar surface area (TPSA) is 34.9 Å². The molecule has 0 radical (unpaired) electrons.